The van der Waals surface area contributed by atoms with Gasteiger partial charge < -0.3 is 14.4 Å². The molecule has 0 N–H and O–H groups in total. The quantitative estimate of drug-likeness (QED) is 0.710. The molecule has 0 radical (unpaired) electrons. The van der Waals surface area contributed by atoms with E-state index < -0.39 is 28.1 Å². The Hall–Kier alpha value is -1.91. The van der Waals surface area contributed by atoms with E-state index >= 15 is 0 Å². The topological polar surface area (TPSA) is 85.4 Å². The second kappa shape index (κ2) is 7.14. The number of ether oxygens (including phenoxy) is 2. The normalized spacial score (nSPS) is 21.5. The number of carbonyl (C=O) groups excluding carboxylic acids is 1. The SMILES string of the molecule is CS(=O)(=O)OC[C@H]1CN(c2ccc(N3CCOCC3)c(F)c2)C(=O)O1. The molecule has 0 spiro atoms. The standard InChI is InChI=1S/C15H19FN2O6S/c1-25(20,21)23-10-12-9-18(15(19)24-12)11-2-3-14(13(16)8-11)17-4-6-22-7-5-17/h2-3,8,12H,4-7,9-10H2,1H3/t12-/m1/s1. The van der Waals surface area contributed by atoms with Gasteiger partial charge in [0, 0.05) is 13.1 Å². The van der Waals surface area contributed by atoms with E-state index in [0.717, 1.165) is 6.26 Å². The van der Waals surface area contributed by atoms with E-state index in [-0.39, 0.29) is 13.2 Å². The Morgan fingerprint density at radius 1 is 1.32 bits per heavy atom. The summed E-state index contributed by atoms with van der Waals surface area (Å²) < 4.78 is 51.4. The van der Waals surface area contributed by atoms with Gasteiger partial charge in [0.05, 0.1) is 37.4 Å². The number of morpholine rings is 1. The Morgan fingerprint density at radius 2 is 2.04 bits per heavy atom. The van der Waals surface area contributed by atoms with Crippen molar-refractivity contribution >= 4 is 27.6 Å². The second-order valence-corrected chi connectivity index (χ2v) is 7.48. The second-order valence-electron chi connectivity index (χ2n) is 5.84. The summed E-state index contributed by atoms with van der Waals surface area (Å²) in [5, 5.41) is 0. The van der Waals surface area contributed by atoms with Crippen molar-refractivity contribution in [3.05, 3.63) is 24.0 Å². The average molecular weight is 374 g/mol. The molecule has 1 aromatic carbocycles. The Balaban J connectivity index is 1.69. The maximum Gasteiger partial charge on any atom is 0.414 e. The third kappa shape index (κ3) is 4.39. The highest BCUT2D eigenvalue weighted by atomic mass is 32.2. The first-order chi connectivity index (χ1) is 11.8. The smallest absolute Gasteiger partial charge is 0.414 e. The van der Waals surface area contributed by atoms with E-state index in [4.69, 9.17) is 9.47 Å². The summed E-state index contributed by atoms with van der Waals surface area (Å²) in [5.41, 5.74) is 0.804. The highest BCUT2D eigenvalue weighted by molar-refractivity contribution is 7.85. The third-order valence-electron chi connectivity index (χ3n) is 3.94. The van der Waals surface area contributed by atoms with Crippen LogP contribution >= 0.6 is 0 Å². The lowest BCUT2D eigenvalue weighted by atomic mass is 10.2. The Bertz CT molecular complexity index is 750. The van der Waals surface area contributed by atoms with Gasteiger partial charge in [-0.2, -0.15) is 8.42 Å². The van der Waals surface area contributed by atoms with Crippen LogP contribution in [0.5, 0.6) is 0 Å². The zero-order valence-electron chi connectivity index (χ0n) is 13.7. The molecule has 2 fully saturated rings. The van der Waals surface area contributed by atoms with Crippen molar-refractivity contribution in [2.75, 3.05) is 55.5 Å². The first-order valence-corrected chi connectivity index (χ1v) is 9.60. The predicted molar refractivity (Wildman–Crippen MR) is 87.8 cm³/mol. The van der Waals surface area contributed by atoms with E-state index in [1.807, 2.05) is 4.90 Å². The molecular weight excluding hydrogens is 355 g/mol. The first-order valence-electron chi connectivity index (χ1n) is 7.78. The number of hydrogen-bond donors (Lipinski definition) is 0. The van der Waals surface area contributed by atoms with Gasteiger partial charge in [-0.25, -0.2) is 9.18 Å². The Kier molecular flexibility index (Phi) is 5.11. The lowest BCUT2D eigenvalue weighted by Gasteiger charge is -2.29. The molecule has 2 heterocycles. The molecule has 2 saturated heterocycles. The van der Waals surface area contributed by atoms with Crippen LogP contribution in [0.2, 0.25) is 0 Å². The Morgan fingerprint density at radius 3 is 2.68 bits per heavy atom. The van der Waals surface area contributed by atoms with E-state index in [0.29, 0.717) is 37.7 Å². The zero-order valence-corrected chi connectivity index (χ0v) is 14.5. The molecule has 0 unspecified atom stereocenters. The summed E-state index contributed by atoms with van der Waals surface area (Å²) in [4.78, 5) is 15.1. The predicted octanol–water partition coefficient (Wildman–Crippen LogP) is 0.964. The minimum absolute atomic E-state index is 0.0880. The summed E-state index contributed by atoms with van der Waals surface area (Å²) in [5.74, 6) is -0.442. The minimum Gasteiger partial charge on any atom is -0.441 e. The first kappa shape index (κ1) is 17.9. The molecule has 0 aliphatic carbocycles. The molecule has 1 amide bonds. The zero-order chi connectivity index (χ0) is 18.0. The lowest BCUT2D eigenvalue weighted by Crippen LogP contribution is -2.36. The van der Waals surface area contributed by atoms with Gasteiger partial charge in [-0.1, -0.05) is 0 Å². The van der Waals surface area contributed by atoms with Crippen LogP contribution in [0.1, 0.15) is 0 Å². The molecule has 1 aromatic rings. The van der Waals surface area contributed by atoms with Crippen LogP contribution in [-0.2, 0) is 23.8 Å². The van der Waals surface area contributed by atoms with Crippen molar-refractivity contribution < 1.29 is 31.3 Å². The highest BCUT2D eigenvalue weighted by Gasteiger charge is 2.33. The van der Waals surface area contributed by atoms with Crippen molar-refractivity contribution in [1.82, 2.24) is 0 Å². The third-order valence-corrected chi connectivity index (χ3v) is 4.50. The largest absolute Gasteiger partial charge is 0.441 e. The summed E-state index contributed by atoms with van der Waals surface area (Å²) in [6, 6.07) is 4.52. The van der Waals surface area contributed by atoms with E-state index in [1.165, 1.54) is 11.0 Å². The van der Waals surface area contributed by atoms with Crippen LogP contribution in [0, 0.1) is 5.82 Å². The number of hydrogen-bond acceptors (Lipinski definition) is 7. The summed E-state index contributed by atoms with van der Waals surface area (Å²) in [7, 11) is -3.62. The molecule has 8 nitrogen and oxygen atoms in total. The highest BCUT2D eigenvalue weighted by Crippen LogP contribution is 2.28. The summed E-state index contributed by atoms with van der Waals surface area (Å²) in [6.07, 6.45) is -0.480. The number of halogens is 1. The molecule has 138 valence electrons. The van der Waals surface area contributed by atoms with Crippen LogP contribution in [0.4, 0.5) is 20.6 Å². The van der Waals surface area contributed by atoms with Crippen LogP contribution in [0.15, 0.2) is 18.2 Å². The number of rotatable bonds is 5. The van der Waals surface area contributed by atoms with E-state index in [1.54, 1.807) is 12.1 Å². The van der Waals surface area contributed by atoms with Gasteiger partial charge in [0.2, 0.25) is 0 Å². The fraction of sp³-hybridized carbons (Fsp3) is 0.533. The minimum atomic E-state index is -3.62. The molecule has 1 atom stereocenters. The van der Waals surface area contributed by atoms with Crippen LogP contribution < -0.4 is 9.80 Å². The lowest BCUT2D eigenvalue weighted by molar-refractivity contribution is 0.107. The van der Waals surface area contributed by atoms with Gasteiger partial charge >= 0.3 is 6.09 Å². The fourth-order valence-electron chi connectivity index (χ4n) is 2.74. The van der Waals surface area contributed by atoms with Crippen molar-refractivity contribution in [3.63, 3.8) is 0 Å². The number of nitrogens with zero attached hydrogens (tertiary/aromatic N) is 2. The van der Waals surface area contributed by atoms with Crippen LogP contribution in [0.3, 0.4) is 0 Å². The molecule has 3 rings (SSSR count). The monoisotopic (exact) mass is 374 g/mol. The number of carbonyl (C=O) groups is 1. The maximum absolute atomic E-state index is 14.5. The van der Waals surface area contributed by atoms with Gasteiger partial charge in [-0.05, 0) is 18.2 Å². The molecule has 2 aliphatic rings. The molecule has 0 bridgehead atoms. The van der Waals surface area contributed by atoms with Gasteiger partial charge in [0.1, 0.15) is 18.5 Å². The average Bonchev–Trinajstić information content (AvgIpc) is 2.94. The molecule has 0 aromatic heterocycles. The van der Waals surface area contributed by atoms with Crippen LogP contribution in [-0.4, -0.2) is 66.3 Å². The van der Waals surface area contributed by atoms with Gasteiger partial charge in [0.25, 0.3) is 10.1 Å². The van der Waals surface area contributed by atoms with E-state index in [9.17, 15) is 17.6 Å². The van der Waals surface area contributed by atoms with Gasteiger partial charge in [0.15, 0.2) is 0 Å². The molecule has 2 aliphatic heterocycles. The van der Waals surface area contributed by atoms with Crippen LogP contribution in [0.25, 0.3) is 0 Å². The molecular formula is C15H19FN2O6S. The summed E-state index contributed by atoms with van der Waals surface area (Å²) >= 11 is 0. The molecule has 0 saturated carbocycles. The van der Waals surface area contributed by atoms with Crippen molar-refractivity contribution in [3.8, 4) is 0 Å². The van der Waals surface area contributed by atoms with Gasteiger partial charge in [-0.3, -0.25) is 9.08 Å². The van der Waals surface area contributed by atoms with Crippen molar-refractivity contribution in [2.45, 2.75) is 6.10 Å². The number of benzene rings is 1. The number of anilines is 2. The Labute approximate surface area is 145 Å². The van der Waals surface area contributed by atoms with Gasteiger partial charge in [-0.15, -0.1) is 0 Å². The number of amides is 1. The van der Waals surface area contributed by atoms with E-state index in [2.05, 4.69) is 4.18 Å². The molecule has 25 heavy (non-hydrogen) atoms. The molecule has 10 heteroatoms. The summed E-state index contributed by atoms with van der Waals surface area (Å²) in [6.45, 7) is 2.11. The maximum atomic E-state index is 14.5. The van der Waals surface area contributed by atoms with Crippen molar-refractivity contribution in [2.24, 2.45) is 0 Å². The fourth-order valence-corrected chi connectivity index (χ4v) is 3.14. The number of cyclic esters (lactones) is 1. The van der Waals surface area contributed by atoms with Crippen molar-refractivity contribution in [1.29, 1.82) is 0 Å².